The van der Waals surface area contributed by atoms with Crippen LogP contribution in [0.3, 0.4) is 0 Å². The van der Waals surface area contributed by atoms with Crippen molar-refractivity contribution in [2.75, 3.05) is 13.1 Å². The van der Waals surface area contributed by atoms with E-state index in [1.807, 2.05) is 0 Å². The fourth-order valence-corrected chi connectivity index (χ4v) is 3.25. The van der Waals surface area contributed by atoms with E-state index in [2.05, 4.69) is 31.0 Å². The Labute approximate surface area is 107 Å². The van der Waals surface area contributed by atoms with E-state index in [1.165, 1.54) is 51.6 Å². The predicted molar refractivity (Wildman–Crippen MR) is 74.3 cm³/mol. The van der Waals surface area contributed by atoms with E-state index in [4.69, 9.17) is 0 Å². The van der Waals surface area contributed by atoms with Gasteiger partial charge in [-0.3, -0.25) is 0 Å². The Hall–Kier alpha value is -0.0800. The van der Waals surface area contributed by atoms with E-state index in [0.29, 0.717) is 0 Å². The maximum absolute atomic E-state index is 3.90. The van der Waals surface area contributed by atoms with Crippen LogP contribution in [0.2, 0.25) is 0 Å². The second kappa shape index (κ2) is 6.19. The molecule has 2 rings (SSSR count). The molecule has 1 saturated carbocycles. The number of hydrogen-bond donors (Lipinski definition) is 1. The molecule has 1 aliphatic carbocycles. The van der Waals surface area contributed by atoms with Gasteiger partial charge in [-0.1, -0.05) is 13.3 Å². The molecule has 0 aromatic rings. The van der Waals surface area contributed by atoms with E-state index in [-0.39, 0.29) is 0 Å². The molecule has 2 heteroatoms. The molecule has 0 bridgehead atoms. The molecule has 0 spiro atoms. The van der Waals surface area contributed by atoms with Crippen LogP contribution < -0.4 is 5.32 Å². The Morgan fingerprint density at radius 2 is 2.06 bits per heavy atom. The van der Waals surface area contributed by atoms with Crippen molar-refractivity contribution in [2.45, 2.75) is 77.4 Å². The van der Waals surface area contributed by atoms with Crippen LogP contribution in [0.1, 0.15) is 59.3 Å². The van der Waals surface area contributed by atoms with Crippen LogP contribution in [0.15, 0.2) is 0 Å². The Morgan fingerprint density at radius 3 is 2.76 bits per heavy atom. The highest BCUT2D eigenvalue weighted by atomic mass is 15.2. The third-order valence-corrected chi connectivity index (χ3v) is 4.52. The molecule has 0 aromatic carbocycles. The summed E-state index contributed by atoms with van der Waals surface area (Å²) in [6.45, 7) is 9.55. The summed E-state index contributed by atoms with van der Waals surface area (Å²) < 4.78 is 0. The molecule has 1 aliphatic heterocycles. The van der Waals surface area contributed by atoms with Crippen LogP contribution in [-0.2, 0) is 0 Å². The summed E-state index contributed by atoms with van der Waals surface area (Å²) in [7, 11) is 0. The average Bonchev–Trinajstić information content (AvgIpc) is 3.04. The largest absolute Gasteiger partial charge is 0.311 e. The Balaban J connectivity index is 1.69. The number of nitrogens with one attached hydrogen (secondary N) is 1. The van der Waals surface area contributed by atoms with Crippen LogP contribution in [0.4, 0.5) is 0 Å². The lowest BCUT2D eigenvalue weighted by atomic mass is 10.1. The first-order chi connectivity index (χ1) is 8.20. The molecule has 2 aliphatic rings. The van der Waals surface area contributed by atoms with Crippen molar-refractivity contribution in [1.29, 1.82) is 0 Å². The smallest absolute Gasteiger partial charge is 0.0102 e. The zero-order chi connectivity index (χ0) is 12.3. The van der Waals surface area contributed by atoms with Crippen molar-refractivity contribution in [3.63, 3.8) is 0 Å². The maximum Gasteiger partial charge on any atom is 0.0102 e. The molecule has 0 radical (unpaired) electrons. The molecule has 0 aromatic heterocycles. The van der Waals surface area contributed by atoms with Gasteiger partial charge in [0.25, 0.3) is 0 Å². The Morgan fingerprint density at radius 1 is 1.24 bits per heavy atom. The summed E-state index contributed by atoms with van der Waals surface area (Å²) in [4.78, 5) is 2.64. The summed E-state index contributed by atoms with van der Waals surface area (Å²) in [6.07, 6.45) is 8.35. The summed E-state index contributed by atoms with van der Waals surface area (Å²) in [6, 6.07) is 2.39. The van der Waals surface area contributed by atoms with Crippen LogP contribution in [0.25, 0.3) is 0 Å². The van der Waals surface area contributed by atoms with E-state index in [9.17, 15) is 0 Å². The molecular formula is C15H30N2. The summed E-state index contributed by atoms with van der Waals surface area (Å²) in [5.74, 6) is 1.00. The van der Waals surface area contributed by atoms with Crippen molar-refractivity contribution in [1.82, 2.24) is 10.2 Å². The van der Waals surface area contributed by atoms with Gasteiger partial charge in [0.15, 0.2) is 0 Å². The summed E-state index contributed by atoms with van der Waals surface area (Å²) in [5.41, 5.74) is 0. The van der Waals surface area contributed by atoms with Gasteiger partial charge in [0.2, 0.25) is 0 Å². The second-order valence-corrected chi connectivity index (χ2v) is 6.32. The summed E-state index contributed by atoms with van der Waals surface area (Å²) >= 11 is 0. The molecule has 1 N–H and O–H groups in total. The molecule has 2 nitrogen and oxygen atoms in total. The van der Waals surface area contributed by atoms with Gasteiger partial charge in [0, 0.05) is 18.1 Å². The molecule has 1 saturated heterocycles. The van der Waals surface area contributed by atoms with Crippen molar-refractivity contribution in [3.8, 4) is 0 Å². The molecule has 3 atom stereocenters. The second-order valence-electron chi connectivity index (χ2n) is 6.32. The normalized spacial score (nSPS) is 34.9. The predicted octanol–water partition coefficient (Wildman–Crippen LogP) is 3.03. The first-order valence-corrected chi connectivity index (χ1v) is 7.70. The van der Waals surface area contributed by atoms with Crippen LogP contribution in [-0.4, -0.2) is 36.1 Å². The monoisotopic (exact) mass is 238 g/mol. The zero-order valence-electron chi connectivity index (χ0n) is 11.9. The minimum Gasteiger partial charge on any atom is -0.311 e. The molecule has 3 unspecified atom stereocenters. The van der Waals surface area contributed by atoms with Gasteiger partial charge in [0.05, 0.1) is 0 Å². The highest BCUT2D eigenvalue weighted by molar-refractivity contribution is 4.95. The quantitative estimate of drug-likeness (QED) is 0.792. The summed E-state index contributed by atoms with van der Waals surface area (Å²) in [5, 5.41) is 3.90. The maximum atomic E-state index is 3.90. The highest BCUT2D eigenvalue weighted by Crippen LogP contribution is 2.35. The van der Waals surface area contributed by atoms with Crippen molar-refractivity contribution in [2.24, 2.45) is 5.92 Å². The molecular weight excluding hydrogens is 208 g/mol. The lowest BCUT2D eigenvalue weighted by molar-refractivity contribution is 0.229. The van der Waals surface area contributed by atoms with Gasteiger partial charge in [-0.2, -0.15) is 0 Å². The van der Waals surface area contributed by atoms with Gasteiger partial charge < -0.3 is 10.2 Å². The number of nitrogens with zero attached hydrogens (tertiary/aromatic N) is 1. The lowest BCUT2D eigenvalue weighted by Gasteiger charge is -2.24. The van der Waals surface area contributed by atoms with Crippen LogP contribution >= 0.6 is 0 Å². The molecule has 17 heavy (non-hydrogen) atoms. The van der Waals surface area contributed by atoms with Gasteiger partial charge in [-0.25, -0.2) is 0 Å². The van der Waals surface area contributed by atoms with Gasteiger partial charge >= 0.3 is 0 Å². The van der Waals surface area contributed by atoms with Gasteiger partial charge in [0.1, 0.15) is 0 Å². The van der Waals surface area contributed by atoms with E-state index in [1.54, 1.807) is 0 Å². The topological polar surface area (TPSA) is 15.3 Å². The number of rotatable bonds is 5. The van der Waals surface area contributed by atoms with Gasteiger partial charge in [-0.05, 0) is 65.0 Å². The Bertz CT molecular complexity index is 227. The average molecular weight is 238 g/mol. The van der Waals surface area contributed by atoms with Gasteiger partial charge in [-0.15, -0.1) is 0 Å². The molecule has 100 valence electrons. The zero-order valence-corrected chi connectivity index (χ0v) is 11.9. The Kier molecular flexibility index (Phi) is 4.87. The fourth-order valence-electron chi connectivity index (χ4n) is 3.25. The minimum atomic E-state index is 0.725. The standard InChI is InChI=1S/C15H30N2/c1-4-6-13-11-15(13)16-14-7-5-9-17(10-8-14)12(2)3/h12-16H,4-11H2,1-3H3. The van der Waals surface area contributed by atoms with Crippen LogP contribution in [0, 0.1) is 5.92 Å². The van der Waals surface area contributed by atoms with Crippen molar-refractivity contribution >= 4 is 0 Å². The van der Waals surface area contributed by atoms with E-state index >= 15 is 0 Å². The fraction of sp³-hybridized carbons (Fsp3) is 1.00. The minimum absolute atomic E-state index is 0.725. The van der Waals surface area contributed by atoms with Crippen molar-refractivity contribution in [3.05, 3.63) is 0 Å². The SMILES string of the molecule is CCCC1CC1NC1CCCN(C(C)C)CC1. The first-order valence-electron chi connectivity index (χ1n) is 7.70. The number of likely N-dealkylation sites (tertiary alicyclic amines) is 1. The third-order valence-electron chi connectivity index (χ3n) is 4.52. The lowest BCUT2D eigenvalue weighted by Crippen LogP contribution is -2.35. The first kappa shape index (κ1) is 13.4. The number of hydrogen-bond acceptors (Lipinski definition) is 2. The molecule has 0 amide bonds. The van der Waals surface area contributed by atoms with Crippen LogP contribution in [0.5, 0.6) is 0 Å². The molecule has 1 heterocycles. The highest BCUT2D eigenvalue weighted by Gasteiger charge is 2.37. The molecule has 2 fully saturated rings. The third kappa shape index (κ3) is 3.96. The van der Waals surface area contributed by atoms with E-state index < -0.39 is 0 Å². The van der Waals surface area contributed by atoms with Crippen molar-refractivity contribution < 1.29 is 0 Å². The van der Waals surface area contributed by atoms with E-state index in [0.717, 1.165) is 24.0 Å².